The molecule has 0 radical (unpaired) electrons. The number of carbonyl (C=O) groups is 3. The van der Waals surface area contributed by atoms with Gasteiger partial charge in [0.1, 0.15) is 17.6 Å². The van der Waals surface area contributed by atoms with Gasteiger partial charge in [-0.15, -0.1) is 13.2 Å². The van der Waals surface area contributed by atoms with Gasteiger partial charge in [0.05, 0.1) is 30.8 Å². The van der Waals surface area contributed by atoms with E-state index in [2.05, 4.69) is 20.1 Å². The van der Waals surface area contributed by atoms with Crippen molar-refractivity contribution >= 4 is 17.8 Å². The summed E-state index contributed by atoms with van der Waals surface area (Å²) in [5, 5.41) is 10.6. The predicted molar refractivity (Wildman–Crippen MR) is 152 cm³/mol. The molecule has 7 atom stereocenters. The Hall–Kier alpha value is -2.97. The van der Waals surface area contributed by atoms with E-state index in [0.29, 0.717) is 37.8 Å². The van der Waals surface area contributed by atoms with Crippen molar-refractivity contribution in [3.8, 4) is 0 Å². The second-order valence-corrected chi connectivity index (χ2v) is 11.6. The first-order valence-electron chi connectivity index (χ1n) is 14.6. The van der Waals surface area contributed by atoms with Gasteiger partial charge in [0, 0.05) is 12.6 Å². The van der Waals surface area contributed by atoms with Gasteiger partial charge in [0.25, 0.3) is 0 Å². The van der Waals surface area contributed by atoms with Crippen molar-refractivity contribution in [1.29, 1.82) is 0 Å². The molecule has 1 aromatic carbocycles. The lowest BCUT2D eigenvalue weighted by Gasteiger charge is -2.41. The molecule has 3 heterocycles. The fraction of sp³-hybridized carbons (Fsp3) is 0.594. The van der Waals surface area contributed by atoms with Crippen LogP contribution in [0.5, 0.6) is 0 Å². The predicted octanol–water partition coefficient (Wildman–Crippen LogP) is 4.20. The lowest BCUT2D eigenvalue weighted by atomic mass is 9.66. The minimum absolute atomic E-state index is 0.0907. The molecule has 3 unspecified atom stereocenters. The Balaban J connectivity index is 1.80. The second-order valence-electron chi connectivity index (χ2n) is 11.6. The van der Waals surface area contributed by atoms with E-state index in [9.17, 15) is 19.5 Å². The van der Waals surface area contributed by atoms with E-state index in [1.807, 2.05) is 44.2 Å². The Morgan fingerprint density at radius 1 is 1.25 bits per heavy atom. The Bertz CT molecular complexity index is 1110. The van der Waals surface area contributed by atoms with Crippen LogP contribution in [-0.2, 0) is 23.9 Å². The van der Waals surface area contributed by atoms with Gasteiger partial charge in [-0.05, 0) is 51.5 Å². The maximum Gasteiger partial charge on any atom is 0.312 e. The van der Waals surface area contributed by atoms with Crippen molar-refractivity contribution in [1.82, 2.24) is 9.80 Å². The molecule has 3 fully saturated rings. The molecule has 1 N–H and O–H groups in total. The fourth-order valence-corrected chi connectivity index (χ4v) is 7.21. The van der Waals surface area contributed by atoms with E-state index in [1.165, 1.54) is 4.90 Å². The van der Waals surface area contributed by atoms with E-state index in [0.717, 1.165) is 12.8 Å². The number of rotatable bonds is 14. The zero-order valence-electron chi connectivity index (χ0n) is 24.1. The summed E-state index contributed by atoms with van der Waals surface area (Å²) < 4.78 is 12.4. The number of unbranched alkanes of at least 4 members (excludes halogenated alkanes) is 1. The van der Waals surface area contributed by atoms with Gasteiger partial charge in [-0.3, -0.25) is 14.4 Å². The number of nitrogens with zero attached hydrogens (tertiary/aromatic N) is 2. The molecule has 1 aromatic rings. The molecular formula is C32H44N2O6. The Kier molecular flexibility index (Phi) is 9.20. The summed E-state index contributed by atoms with van der Waals surface area (Å²) in [6.07, 6.45) is 7.49. The molecule has 3 aliphatic rings. The summed E-state index contributed by atoms with van der Waals surface area (Å²) in [7, 11) is 0. The topological polar surface area (TPSA) is 96.4 Å². The van der Waals surface area contributed by atoms with Gasteiger partial charge in [0.15, 0.2) is 0 Å². The zero-order valence-corrected chi connectivity index (χ0v) is 24.1. The molecule has 8 nitrogen and oxygen atoms in total. The van der Waals surface area contributed by atoms with Crippen LogP contribution in [0.3, 0.4) is 0 Å². The summed E-state index contributed by atoms with van der Waals surface area (Å²) in [4.78, 5) is 45.9. The van der Waals surface area contributed by atoms with Gasteiger partial charge in [-0.25, -0.2) is 0 Å². The molecule has 4 rings (SSSR count). The molecule has 218 valence electrons. The van der Waals surface area contributed by atoms with Crippen LogP contribution in [-0.4, -0.2) is 75.7 Å². The van der Waals surface area contributed by atoms with Crippen LogP contribution in [0.15, 0.2) is 55.6 Å². The minimum Gasteiger partial charge on any atom is -0.465 e. The van der Waals surface area contributed by atoms with Crippen LogP contribution < -0.4 is 0 Å². The molecule has 1 spiro atoms. The van der Waals surface area contributed by atoms with E-state index in [-0.39, 0.29) is 31.1 Å². The summed E-state index contributed by atoms with van der Waals surface area (Å²) in [5.74, 6) is -2.78. The average molecular weight is 553 g/mol. The number of ether oxygens (including phenoxy) is 2. The molecule has 2 amide bonds. The smallest absolute Gasteiger partial charge is 0.312 e. The first kappa shape index (κ1) is 30.0. The number of carbonyl (C=O) groups excluding carboxylic acids is 3. The van der Waals surface area contributed by atoms with Crippen LogP contribution in [0.25, 0.3) is 0 Å². The van der Waals surface area contributed by atoms with Crippen molar-refractivity contribution in [3.05, 3.63) is 61.2 Å². The largest absolute Gasteiger partial charge is 0.465 e. The number of aliphatic hydroxyl groups is 1. The lowest BCUT2D eigenvalue weighted by Crippen LogP contribution is -2.58. The molecule has 0 aromatic heterocycles. The molecule has 40 heavy (non-hydrogen) atoms. The molecule has 3 aliphatic heterocycles. The quantitative estimate of drug-likeness (QED) is 0.211. The number of hydrogen-bond acceptors (Lipinski definition) is 6. The number of fused-ring (bicyclic) bond motifs is 1. The summed E-state index contributed by atoms with van der Waals surface area (Å²) in [6.45, 7) is 13.7. The number of benzene rings is 1. The summed E-state index contributed by atoms with van der Waals surface area (Å²) in [6, 6.07) is 7.37. The molecule has 0 aliphatic carbocycles. The molecule has 0 saturated carbocycles. The normalized spacial score (nSPS) is 30.1. The summed E-state index contributed by atoms with van der Waals surface area (Å²) >= 11 is 0. The number of hydrogen-bond donors (Lipinski definition) is 1. The summed E-state index contributed by atoms with van der Waals surface area (Å²) in [5.41, 5.74) is -1.39. The highest BCUT2D eigenvalue weighted by molar-refractivity contribution is 5.99. The van der Waals surface area contributed by atoms with Gasteiger partial charge in [-0.1, -0.05) is 55.8 Å². The second kappa shape index (κ2) is 12.3. The van der Waals surface area contributed by atoms with Crippen molar-refractivity contribution < 1.29 is 29.0 Å². The zero-order chi connectivity index (χ0) is 29.1. The van der Waals surface area contributed by atoms with Crippen molar-refractivity contribution in [2.45, 2.75) is 88.6 Å². The number of aliphatic hydroxyl groups excluding tert-OH is 1. The Morgan fingerprint density at radius 2 is 1.98 bits per heavy atom. The number of amides is 2. The molecule has 8 heteroatoms. The van der Waals surface area contributed by atoms with Crippen molar-refractivity contribution in [2.75, 3.05) is 19.8 Å². The minimum atomic E-state index is -1.19. The highest BCUT2D eigenvalue weighted by atomic mass is 16.6. The van der Waals surface area contributed by atoms with E-state index < -0.39 is 41.1 Å². The molecular weight excluding hydrogens is 508 g/mol. The maximum absolute atomic E-state index is 14.6. The Morgan fingerprint density at radius 3 is 2.60 bits per heavy atom. The van der Waals surface area contributed by atoms with E-state index in [1.54, 1.807) is 17.1 Å². The fourth-order valence-electron chi connectivity index (χ4n) is 7.21. The number of allylic oxidation sites excluding steroid dienone is 1. The van der Waals surface area contributed by atoms with Crippen LogP contribution >= 0.6 is 0 Å². The molecule has 2 bridgehead atoms. The van der Waals surface area contributed by atoms with E-state index in [4.69, 9.17) is 9.47 Å². The van der Waals surface area contributed by atoms with Gasteiger partial charge in [-0.2, -0.15) is 0 Å². The standard InChI is InChI=1S/C32H44N2O6/c1-6-9-13-20-39-30(38)26-25-28(36)34(24(21-35)23-15-11-10-12-16-23)27(32(25)18-17-31(26,5)40-32)29(37)33(19-8-3)22(4)14-7-2/h6,8,10-12,15-16,22,24-27,35H,1,3,7,9,13-14,17-21H2,2,4-5H3/t22?,24-,25+,26-,27?,31+,32?/m1/s1. The third-order valence-electron chi connectivity index (χ3n) is 9.04. The first-order chi connectivity index (χ1) is 19.2. The average Bonchev–Trinajstić information content (AvgIpc) is 3.51. The highest BCUT2D eigenvalue weighted by Crippen LogP contribution is 2.64. The first-order valence-corrected chi connectivity index (χ1v) is 14.6. The van der Waals surface area contributed by atoms with Crippen molar-refractivity contribution in [2.24, 2.45) is 11.8 Å². The van der Waals surface area contributed by atoms with Crippen LogP contribution in [0.1, 0.15) is 70.9 Å². The van der Waals surface area contributed by atoms with Crippen LogP contribution in [0, 0.1) is 11.8 Å². The monoisotopic (exact) mass is 552 g/mol. The van der Waals surface area contributed by atoms with Gasteiger partial charge >= 0.3 is 5.97 Å². The Labute approximate surface area is 238 Å². The number of esters is 1. The number of likely N-dealkylation sites (tertiary alicyclic amines) is 1. The van der Waals surface area contributed by atoms with Gasteiger partial charge in [0.2, 0.25) is 11.8 Å². The maximum atomic E-state index is 14.6. The molecule has 3 saturated heterocycles. The van der Waals surface area contributed by atoms with Crippen LogP contribution in [0.4, 0.5) is 0 Å². The third-order valence-corrected chi connectivity index (χ3v) is 9.04. The lowest BCUT2D eigenvalue weighted by molar-refractivity contribution is -0.162. The van der Waals surface area contributed by atoms with Crippen LogP contribution in [0.2, 0.25) is 0 Å². The highest BCUT2D eigenvalue weighted by Gasteiger charge is 2.79. The SMILES string of the molecule is C=CCCCOC(=O)[C@H]1[C@H]2C(=O)N([C@H](CO)c3ccccc3)C(C(=O)N(CC=C)C(C)CCC)C23CC[C@]1(C)O3. The van der Waals surface area contributed by atoms with Gasteiger partial charge < -0.3 is 24.4 Å². The third kappa shape index (κ3) is 5.00. The van der Waals surface area contributed by atoms with E-state index >= 15 is 0 Å². The van der Waals surface area contributed by atoms with Crippen molar-refractivity contribution in [3.63, 3.8) is 0 Å².